The maximum absolute atomic E-state index is 12.9. The molecular weight excluding hydrogens is 396 g/mol. The number of aryl methyl sites for hydroxylation is 1. The van der Waals surface area contributed by atoms with Gasteiger partial charge in [0.15, 0.2) is 0 Å². The molecule has 1 aliphatic heterocycles. The lowest BCUT2D eigenvalue weighted by Gasteiger charge is -2.35. The fourth-order valence-corrected chi connectivity index (χ4v) is 3.85. The molecule has 8 heteroatoms. The number of para-hydroxylation sites is 1. The molecule has 1 aromatic heterocycles. The number of nitrogens with one attached hydrogen (secondary N) is 2. The maximum atomic E-state index is 12.9. The highest BCUT2D eigenvalue weighted by Gasteiger charge is 2.23. The molecule has 0 spiro atoms. The van der Waals surface area contributed by atoms with E-state index in [0.29, 0.717) is 35.7 Å². The summed E-state index contributed by atoms with van der Waals surface area (Å²) in [6, 6.07) is 8.16. The molecule has 1 amide bonds. The Morgan fingerprint density at radius 3 is 2.52 bits per heavy atom. The van der Waals surface area contributed by atoms with Gasteiger partial charge in [0.1, 0.15) is 12.3 Å². The van der Waals surface area contributed by atoms with Gasteiger partial charge < -0.3 is 29.6 Å². The third kappa shape index (κ3) is 5.45. The van der Waals surface area contributed by atoms with Crippen molar-refractivity contribution in [3.8, 4) is 0 Å². The number of nitrogens with zero attached hydrogens (tertiary/aromatic N) is 2. The Bertz CT molecular complexity index is 916. The molecule has 8 nitrogen and oxygen atoms in total. The first-order valence-corrected chi connectivity index (χ1v) is 10.6. The molecule has 31 heavy (non-hydrogen) atoms. The summed E-state index contributed by atoms with van der Waals surface area (Å²) in [5.41, 5.74) is 4.21. The third-order valence-corrected chi connectivity index (χ3v) is 5.66. The summed E-state index contributed by atoms with van der Waals surface area (Å²) in [7, 11) is 3.68. The molecule has 1 aromatic carbocycles. The Morgan fingerprint density at radius 1 is 1.10 bits per heavy atom. The number of rotatable bonds is 8. The summed E-state index contributed by atoms with van der Waals surface area (Å²) < 4.78 is 10.1. The molecule has 0 unspecified atom stereocenters. The van der Waals surface area contributed by atoms with E-state index in [1.807, 2.05) is 18.2 Å². The molecule has 2 N–H and O–H groups in total. The lowest BCUT2D eigenvalue weighted by atomic mass is 10.1. The van der Waals surface area contributed by atoms with Crippen molar-refractivity contribution >= 4 is 17.6 Å². The first-order valence-electron chi connectivity index (χ1n) is 10.6. The van der Waals surface area contributed by atoms with E-state index < -0.39 is 5.97 Å². The number of methoxy groups -OCH3 is 1. The van der Waals surface area contributed by atoms with Crippen LogP contribution in [0.5, 0.6) is 0 Å². The van der Waals surface area contributed by atoms with Crippen molar-refractivity contribution in [2.24, 2.45) is 0 Å². The van der Waals surface area contributed by atoms with Crippen molar-refractivity contribution in [3.05, 3.63) is 52.3 Å². The standard InChI is InChI=1S/C23H32N4O4/c1-16-20(23(29)31-14-13-30-4)17(2)25-21(16)22(28)24-15-18-7-5-6-8-19(18)27-11-9-26(3)10-12-27/h5-8,25H,9-15H2,1-4H3,(H,24,28). The molecule has 1 aliphatic rings. The predicted molar refractivity (Wildman–Crippen MR) is 120 cm³/mol. The molecule has 0 atom stereocenters. The highest BCUT2D eigenvalue weighted by atomic mass is 16.6. The Kier molecular flexibility index (Phi) is 7.70. The Morgan fingerprint density at radius 2 is 1.81 bits per heavy atom. The van der Waals surface area contributed by atoms with Gasteiger partial charge in [0, 0.05) is 51.2 Å². The summed E-state index contributed by atoms with van der Waals surface area (Å²) >= 11 is 0. The van der Waals surface area contributed by atoms with Gasteiger partial charge in [-0.2, -0.15) is 0 Å². The van der Waals surface area contributed by atoms with E-state index in [9.17, 15) is 9.59 Å². The average molecular weight is 429 g/mol. The zero-order valence-electron chi connectivity index (χ0n) is 18.8. The summed E-state index contributed by atoms with van der Waals surface area (Å²) in [6.07, 6.45) is 0. The van der Waals surface area contributed by atoms with Gasteiger partial charge in [-0.15, -0.1) is 0 Å². The second-order valence-corrected chi connectivity index (χ2v) is 7.86. The lowest BCUT2D eigenvalue weighted by Crippen LogP contribution is -2.45. The van der Waals surface area contributed by atoms with Crippen molar-refractivity contribution < 1.29 is 19.1 Å². The minimum atomic E-state index is -0.456. The number of benzene rings is 1. The van der Waals surface area contributed by atoms with Crippen molar-refractivity contribution in [3.63, 3.8) is 0 Å². The first-order chi connectivity index (χ1) is 14.9. The van der Waals surface area contributed by atoms with Crippen LogP contribution in [0.1, 0.15) is 37.7 Å². The number of amides is 1. The minimum Gasteiger partial charge on any atom is -0.460 e. The van der Waals surface area contributed by atoms with Crippen LogP contribution in [-0.2, 0) is 16.0 Å². The van der Waals surface area contributed by atoms with Crippen molar-refractivity contribution in [1.82, 2.24) is 15.2 Å². The van der Waals surface area contributed by atoms with Gasteiger partial charge in [0.05, 0.1) is 12.2 Å². The third-order valence-electron chi connectivity index (χ3n) is 5.66. The van der Waals surface area contributed by atoms with Crippen LogP contribution in [0.3, 0.4) is 0 Å². The number of piperazine rings is 1. The normalized spacial score (nSPS) is 14.5. The van der Waals surface area contributed by atoms with Crippen LogP contribution in [0.2, 0.25) is 0 Å². The van der Waals surface area contributed by atoms with Gasteiger partial charge in [-0.1, -0.05) is 18.2 Å². The molecular formula is C23H32N4O4. The fourth-order valence-electron chi connectivity index (χ4n) is 3.85. The molecule has 0 saturated carbocycles. The number of likely N-dealkylation sites (N-methyl/N-ethyl adjacent to an activating group) is 1. The number of H-pyrrole nitrogens is 1. The molecule has 0 bridgehead atoms. The number of ether oxygens (including phenoxy) is 2. The van der Waals surface area contributed by atoms with Gasteiger partial charge in [-0.05, 0) is 38.1 Å². The monoisotopic (exact) mass is 428 g/mol. The fraction of sp³-hybridized carbons (Fsp3) is 0.478. The summed E-state index contributed by atoms with van der Waals surface area (Å²) in [4.78, 5) is 33.0. The van der Waals surface area contributed by atoms with Gasteiger partial charge in [-0.3, -0.25) is 4.79 Å². The Labute approximate surface area is 183 Å². The number of hydrogen-bond donors (Lipinski definition) is 2. The largest absolute Gasteiger partial charge is 0.460 e. The number of carbonyl (C=O) groups is 2. The van der Waals surface area contributed by atoms with Crippen LogP contribution in [0.25, 0.3) is 0 Å². The average Bonchev–Trinajstić information content (AvgIpc) is 3.07. The van der Waals surface area contributed by atoms with E-state index in [2.05, 4.69) is 33.2 Å². The zero-order chi connectivity index (χ0) is 22.4. The van der Waals surface area contributed by atoms with Crippen LogP contribution >= 0.6 is 0 Å². The smallest absolute Gasteiger partial charge is 0.340 e. The van der Waals surface area contributed by atoms with Crippen LogP contribution in [0, 0.1) is 13.8 Å². The minimum absolute atomic E-state index is 0.171. The number of aromatic amines is 1. The highest BCUT2D eigenvalue weighted by Crippen LogP contribution is 2.23. The van der Waals surface area contributed by atoms with Gasteiger partial charge >= 0.3 is 5.97 Å². The van der Waals surface area contributed by atoms with E-state index in [1.165, 1.54) is 0 Å². The Hall–Kier alpha value is -2.84. The first kappa shape index (κ1) is 22.8. The number of carbonyl (C=O) groups excluding carboxylic acids is 2. The molecule has 1 saturated heterocycles. The van der Waals surface area contributed by atoms with Gasteiger partial charge in [0.2, 0.25) is 0 Å². The van der Waals surface area contributed by atoms with Crippen LogP contribution in [-0.4, -0.2) is 75.3 Å². The number of esters is 1. The zero-order valence-corrected chi connectivity index (χ0v) is 18.8. The molecule has 3 rings (SSSR count). The van der Waals surface area contributed by atoms with E-state index in [1.54, 1.807) is 21.0 Å². The maximum Gasteiger partial charge on any atom is 0.340 e. The van der Waals surface area contributed by atoms with E-state index >= 15 is 0 Å². The topological polar surface area (TPSA) is 86.9 Å². The number of anilines is 1. The molecule has 1 fully saturated rings. The van der Waals surface area contributed by atoms with E-state index in [4.69, 9.17) is 9.47 Å². The summed E-state index contributed by atoms with van der Waals surface area (Å²) in [6.45, 7) is 8.39. The SMILES string of the molecule is COCCOC(=O)c1c(C)[nH]c(C(=O)NCc2ccccc2N2CCN(C)CC2)c1C. The van der Waals surface area contributed by atoms with Crippen LogP contribution in [0.4, 0.5) is 5.69 Å². The molecule has 168 valence electrons. The lowest BCUT2D eigenvalue weighted by molar-refractivity contribution is 0.0387. The van der Waals surface area contributed by atoms with Crippen LogP contribution < -0.4 is 10.2 Å². The molecule has 0 aliphatic carbocycles. The quantitative estimate of drug-likeness (QED) is 0.495. The van der Waals surface area contributed by atoms with Crippen molar-refractivity contribution in [2.45, 2.75) is 20.4 Å². The number of hydrogen-bond acceptors (Lipinski definition) is 6. The van der Waals surface area contributed by atoms with Crippen molar-refractivity contribution in [1.29, 1.82) is 0 Å². The summed E-state index contributed by atoms with van der Waals surface area (Å²) in [5.74, 6) is -0.701. The van der Waals surface area contributed by atoms with E-state index in [0.717, 1.165) is 37.4 Å². The predicted octanol–water partition coefficient (Wildman–Crippen LogP) is 2.12. The molecule has 2 aromatic rings. The Balaban J connectivity index is 1.68. The van der Waals surface area contributed by atoms with Gasteiger partial charge in [0.25, 0.3) is 5.91 Å². The second kappa shape index (κ2) is 10.5. The highest BCUT2D eigenvalue weighted by molar-refractivity contribution is 6.00. The second-order valence-electron chi connectivity index (χ2n) is 7.86. The number of aromatic nitrogens is 1. The molecule has 2 heterocycles. The van der Waals surface area contributed by atoms with E-state index in [-0.39, 0.29) is 12.5 Å². The molecule has 0 radical (unpaired) electrons. The summed E-state index contributed by atoms with van der Waals surface area (Å²) in [5, 5.41) is 3.00. The van der Waals surface area contributed by atoms with Gasteiger partial charge in [-0.25, -0.2) is 4.79 Å². The van der Waals surface area contributed by atoms with Crippen LogP contribution in [0.15, 0.2) is 24.3 Å². The van der Waals surface area contributed by atoms with Crippen molar-refractivity contribution in [2.75, 3.05) is 58.5 Å².